The van der Waals surface area contributed by atoms with E-state index >= 15 is 0 Å². The van der Waals surface area contributed by atoms with Crippen LogP contribution in [0.2, 0.25) is 0 Å². The van der Waals surface area contributed by atoms with Crippen LogP contribution >= 0.6 is 0 Å². The van der Waals surface area contributed by atoms with Crippen molar-refractivity contribution >= 4 is 6.09 Å². The smallest absolute Gasteiger partial charge is 0.418 e. The lowest BCUT2D eigenvalue weighted by atomic mass is 10.2. The molecule has 0 aromatic carbocycles. The second-order valence-corrected chi connectivity index (χ2v) is 4.67. The lowest BCUT2D eigenvalue weighted by Crippen LogP contribution is -2.36. The van der Waals surface area contributed by atoms with Gasteiger partial charge in [-0.05, 0) is 34.1 Å². The summed E-state index contributed by atoms with van der Waals surface area (Å²) < 4.78 is 5.28. The van der Waals surface area contributed by atoms with Crippen molar-refractivity contribution in [2.24, 2.45) is 0 Å². The summed E-state index contributed by atoms with van der Waals surface area (Å²) in [6, 6.07) is 0. The molecule has 98 valence electrons. The Bertz CT molecular complexity index is 313. The Hall–Kier alpha value is -1.29. The second-order valence-electron chi connectivity index (χ2n) is 4.67. The molecule has 0 radical (unpaired) electrons. The second kappa shape index (κ2) is 6.45. The first-order chi connectivity index (χ1) is 7.76. The largest absolute Gasteiger partial charge is 0.443 e. The third kappa shape index (κ3) is 5.04. The van der Waals surface area contributed by atoms with E-state index in [0.29, 0.717) is 12.1 Å². The van der Waals surface area contributed by atoms with E-state index in [1.807, 2.05) is 19.9 Å². The third-order valence-electron chi connectivity index (χ3n) is 2.06. The van der Waals surface area contributed by atoms with Crippen molar-refractivity contribution in [3.63, 3.8) is 0 Å². The predicted molar refractivity (Wildman–Crippen MR) is 68.3 cm³/mol. The minimum Gasteiger partial charge on any atom is -0.443 e. The Kier molecular flexibility index (Phi) is 5.96. The van der Waals surface area contributed by atoms with Crippen LogP contribution in [0.1, 0.15) is 41.0 Å². The van der Waals surface area contributed by atoms with Gasteiger partial charge in [0.05, 0.1) is 6.61 Å². The molecule has 0 heterocycles. The molecule has 0 saturated carbocycles. The molecular weight excluding hydrogens is 218 g/mol. The summed E-state index contributed by atoms with van der Waals surface area (Å²) in [5, 5.41) is 9.12. The van der Waals surface area contributed by atoms with Gasteiger partial charge in [0.2, 0.25) is 0 Å². The number of carbonyl (C=O) groups is 1. The van der Waals surface area contributed by atoms with Crippen LogP contribution in [0.3, 0.4) is 0 Å². The Balaban J connectivity index is 5.07. The van der Waals surface area contributed by atoms with E-state index in [4.69, 9.17) is 9.84 Å². The van der Waals surface area contributed by atoms with Gasteiger partial charge in [0.25, 0.3) is 0 Å². The molecule has 0 aromatic heterocycles. The molecule has 17 heavy (non-hydrogen) atoms. The maximum Gasteiger partial charge on any atom is 0.418 e. The van der Waals surface area contributed by atoms with Crippen LogP contribution in [0.15, 0.2) is 24.0 Å². The van der Waals surface area contributed by atoms with Crippen LogP contribution in [0.4, 0.5) is 4.79 Å². The first-order valence-corrected chi connectivity index (χ1v) is 5.73. The average molecular weight is 241 g/mol. The lowest BCUT2D eigenvalue weighted by molar-refractivity contribution is 0.0344. The van der Waals surface area contributed by atoms with Crippen molar-refractivity contribution in [2.45, 2.75) is 46.6 Å². The molecule has 4 nitrogen and oxygen atoms in total. The van der Waals surface area contributed by atoms with E-state index in [-0.39, 0.29) is 6.61 Å². The summed E-state index contributed by atoms with van der Waals surface area (Å²) in [6.45, 7) is 12.5. The molecule has 0 aliphatic rings. The lowest BCUT2D eigenvalue weighted by Gasteiger charge is -2.29. The number of hydrogen-bond acceptors (Lipinski definition) is 3. The van der Waals surface area contributed by atoms with Gasteiger partial charge in [-0.25, -0.2) is 4.79 Å². The molecule has 4 heteroatoms. The highest BCUT2D eigenvalue weighted by Gasteiger charge is 2.25. The zero-order valence-electron chi connectivity index (χ0n) is 11.4. The minimum absolute atomic E-state index is 0.281. The Morgan fingerprint density at radius 3 is 2.29 bits per heavy atom. The minimum atomic E-state index is -0.572. The maximum absolute atomic E-state index is 12.0. The van der Waals surface area contributed by atoms with Gasteiger partial charge in [-0.1, -0.05) is 19.6 Å². The summed E-state index contributed by atoms with van der Waals surface area (Å²) in [4.78, 5) is 13.3. The summed E-state index contributed by atoms with van der Waals surface area (Å²) >= 11 is 0. The molecule has 1 amide bonds. The highest BCUT2D eigenvalue weighted by Crippen LogP contribution is 2.19. The van der Waals surface area contributed by atoms with Crippen molar-refractivity contribution in [3.05, 3.63) is 24.0 Å². The fraction of sp³-hybridized carbons (Fsp3) is 0.615. The van der Waals surface area contributed by atoms with E-state index in [1.165, 1.54) is 4.90 Å². The number of allylic oxidation sites excluding steroid dienone is 2. The summed E-state index contributed by atoms with van der Waals surface area (Å²) in [5.41, 5.74) is 0.505. The van der Waals surface area contributed by atoms with Crippen molar-refractivity contribution in [1.82, 2.24) is 4.90 Å². The van der Waals surface area contributed by atoms with Crippen LogP contribution in [-0.4, -0.2) is 28.3 Å². The Morgan fingerprint density at radius 1 is 1.47 bits per heavy atom. The molecule has 0 aromatic rings. The van der Waals surface area contributed by atoms with Crippen molar-refractivity contribution in [2.75, 3.05) is 6.61 Å². The van der Waals surface area contributed by atoms with Gasteiger partial charge in [0.1, 0.15) is 5.60 Å². The van der Waals surface area contributed by atoms with Gasteiger partial charge < -0.3 is 9.84 Å². The van der Waals surface area contributed by atoms with Gasteiger partial charge in [-0.3, -0.25) is 4.90 Å². The van der Waals surface area contributed by atoms with Gasteiger partial charge in [-0.2, -0.15) is 0 Å². The first kappa shape index (κ1) is 15.7. The molecule has 1 N–H and O–H groups in total. The number of nitrogens with zero attached hydrogens (tertiary/aromatic N) is 1. The highest BCUT2D eigenvalue weighted by molar-refractivity contribution is 5.72. The van der Waals surface area contributed by atoms with Gasteiger partial charge in [-0.15, -0.1) is 0 Å². The van der Waals surface area contributed by atoms with E-state index < -0.39 is 11.7 Å². The Morgan fingerprint density at radius 2 is 2.00 bits per heavy atom. The molecule has 0 unspecified atom stereocenters. The fourth-order valence-electron chi connectivity index (χ4n) is 1.32. The summed E-state index contributed by atoms with van der Waals surface area (Å²) in [7, 11) is 0. The fourth-order valence-corrected chi connectivity index (χ4v) is 1.32. The normalized spacial score (nSPS) is 12.2. The molecule has 0 aliphatic carbocycles. The predicted octanol–water partition coefficient (Wildman–Crippen LogP) is 3.04. The number of hydrogen-bond donors (Lipinski definition) is 1. The topological polar surface area (TPSA) is 49.8 Å². The monoisotopic (exact) mass is 241 g/mol. The molecule has 0 spiro atoms. The summed E-state index contributed by atoms with van der Waals surface area (Å²) in [5.74, 6) is 0. The molecular formula is C13H23NO3. The molecule has 0 bridgehead atoms. The average Bonchev–Trinajstić information content (AvgIpc) is 2.21. The molecule has 0 fully saturated rings. The van der Waals surface area contributed by atoms with Crippen molar-refractivity contribution in [3.8, 4) is 0 Å². The van der Waals surface area contributed by atoms with Crippen molar-refractivity contribution in [1.29, 1.82) is 0 Å². The van der Waals surface area contributed by atoms with Crippen LogP contribution in [0, 0.1) is 0 Å². The molecule has 0 saturated heterocycles. The molecule has 0 rings (SSSR count). The van der Waals surface area contributed by atoms with E-state index in [0.717, 1.165) is 5.70 Å². The van der Waals surface area contributed by atoms with E-state index in [1.54, 1.807) is 20.8 Å². The zero-order valence-corrected chi connectivity index (χ0v) is 11.4. The zero-order chi connectivity index (χ0) is 13.6. The van der Waals surface area contributed by atoms with E-state index in [9.17, 15) is 4.79 Å². The summed E-state index contributed by atoms with van der Waals surface area (Å²) in [6.07, 6.45) is 1.96. The number of carbonyl (C=O) groups excluding carboxylic acids is 1. The van der Waals surface area contributed by atoms with Gasteiger partial charge in [0, 0.05) is 11.4 Å². The van der Waals surface area contributed by atoms with Gasteiger partial charge in [0.15, 0.2) is 0 Å². The highest BCUT2D eigenvalue weighted by atomic mass is 16.6. The Labute approximate surface area is 104 Å². The molecule has 0 atom stereocenters. The number of amides is 1. The van der Waals surface area contributed by atoms with Crippen LogP contribution in [0.5, 0.6) is 0 Å². The number of aliphatic hydroxyl groups is 1. The van der Waals surface area contributed by atoms with Crippen LogP contribution in [-0.2, 0) is 4.74 Å². The molecule has 0 aliphatic heterocycles. The van der Waals surface area contributed by atoms with Crippen LogP contribution in [0.25, 0.3) is 0 Å². The van der Waals surface area contributed by atoms with Crippen molar-refractivity contribution < 1.29 is 14.6 Å². The number of rotatable bonds is 4. The third-order valence-corrected chi connectivity index (χ3v) is 2.06. The standard InChI is InChI=1S/C13H23NO3/c1-7-11(8-2)14(10(3)9-15)12(16)17-13(4,5)6/h7,15H,3,8-9H2,1-2,4-6H3/b11-7+. The maximum atomic E-state index is 12.0. The van der Waals surface area contributed by atoms with Gasteiger partial charge >= 0.3 is 6.09 Å². The number of ether oxygens (including phenoxy) is 1. The quantitative estimate of drug-likeness (QED) is 0.823. The van der Waals surface area contributed by atoms with E-state index in [2.05, 4.69) is 6.58 Å². The van der Waals surface area contributed by atoms with Crippen LogP contribution < -0.4 is 0 Å². The number of aliphatic hydroxyl groups excluding tert-OH is 1. The first-order valence-electron chi connectivity index (χ1n) is 5.73. The SMILES string of the molecule is C=C(CO)N(C(=O)OC(C)(C)C)/C(=C/C)CC.